The number of halogens is 6. The van der Waals surface area contributed by atoms with E-state index >= 15 is 0 Å². The maximum Gasteiger partial charge on any atom is 0.418 e. The lowest BCUT2D eigenvalue weighted by Gasteiger charge is -2.15. The third-order valence-corrected chi connectivity index (χ3v) is 2.71. The van der Waals surface area contributed by atoms with Gasteiger partial charge in [-0.25, -0.2) is 0 Å². The van der Waals surface area contributed by atoms with E-state index in [1.165, 1.54) is 6.07 Å². The van der Waals surface area contributed by atoms with Gasteiger partial charge in [0.1, 0.15) is 0 Å². The normalized spacial score (nSPS) is 12.5. The fourth-order valence-electron chi connectivity index (χ4n) is 1.77. The Hall–Kier alpha value is -2.25. The molecule has 1 aromatic carbocycles. The van der Waals surface area contributed by atoms with Gasteiger partial charge >= 0.3 is 12.4 Å². The predicted molar refractivity (Wildman–Crippen MR) is 62.0 cm³/mol. The zero-order chi connectivity index (χ0) is 15.8. The molecule has 0 spiro atoms. The van der Waals surface area contributed by atoms with E-state index in [2.05, 4.69) is 0 Å². The van der Waals surface area contributed by atoms with Crippen molar-refractivity contribution < 1.29 is 26.3 Å². The molecule has 8 heteroatoms. The summed E-state index contributed by atoms with van der Waals surface area (Å²) in [6.07, 6.45) is -9.19. The highest BCUT2D eigenvalue weighted by Crippen LogP contribution is 2.34. The summed E-state index contributed by atoms with van der Waals surface area (Å²) >= 11 is 0. The van der Waals surface area contributed by atoms with Crippen LogP contribution in [0, 0.1) is 0 Å². The van der Waals surface area contributed by atoms with Gasteiger partial charge in [0.05, 0.1) is 16.8 Å². The van der Waals surface area contributed by atoms with Gasteiger partial charge in [-0.3, -0.25) is 9.36 Å². The lowest BCUT2D eigenvalue weighted by atomic mass is 10.1. The second-order valence-electron chi connectivity index (χ2n) is 4.14. The summed E-state index contributed by atoms with van der Waals surface area (Å²) in [6.45, 7) is 0. The SMILES string of the molecule is O=c1ccc(C(F)(F)F)cn1-c1ccccc1C(F)(F)F. The van der Waals surface area contributed by atoms with Crippen molar-refractivity contribution in [2.24, 2.45) is 0 Å². The number of para-hydroxylation sites is 1. The van der Waals surface area contributed by atoms with Crippen LogP contribution in [-0.2, 0) is 12.4 Å². The first-order valence-electron chi connectivity index (χ1n) is 5.57. The molecule has 0 saturated carbocycles. The summed E-state index contributed by atoms with van der Waals surface area (Å²) in [7, 11) is 0. The largest absolute Gasteiger partial charge is 0.418 e. The van der Waals surface area contributed by atoms with Crippen LogP contribution >= 0.6 is 0 Å². The fourth-order valence-corrected chi connectivity index (χ4v) is 1.77. The molecule has 0 bridgehead atoms. The van der Waals surface area contributed by atoms with Crippen molar-refractivity contribution in [1.82, 2.24) is 4.57 Å². The number of nitrogens with zero attached hydrogens (tertiary/aromatic N) is 1. The van der Waals surface area contributed by atoms with E-state index in [0.29, 0.717) is 29.0 Å². The van der Waals surface area contributed by atoms with Crippen molar-refractivity contribution in [3.8, 4) is 5.69 Å². The summed E-state index contributed by atoms with van der Waals surface area (Å²) in [5, 5.41) is 0. The van der Waals surface area contributed by atoms with Crippen LogP contribution in [0.15, 0.2) is 47.4 Å². The van der Waals surface area contributed by atoms with Crippen molar-refractivity contribution in [2.45, 2.75) is 12.4 Å². The van der Waals surface area contributed by atoms with Crippen LogP contribution in [0.1, 0.15) is 11.1 Å². The highest BCUT2D eigenvalue weighted by atomic mass is 19.4. The highest BCUT2D eigenvalue weighted by Gasteiger charge is 2.35. The van der Waals surface area contributed by atoms with Gasteiger partial charge in [-0.2, -0.15) is 26.3 Å². The molecule has 1 heterocycles. The van der Waals surface area contributed by atoms with E-state index in [1.54, 1.807) is 0 Å². The summed E-state index contributed by atoms with van der Waals surface area (Å²) in [6, 6.07) is 5.03. The minimum Gasteiger partial charge on any atom is -0.283 e. The third kappa shape index (κ3) is 3.09. The summed E-state index contributed by atoms with van der Waals surface area (Å²) in [4.78, 5) is 11.6. The van der Waals surface area contributed by atoms with Crippen molar-refractivity contribution in [3.05, 3.63) is 64.1 Å². The van der Waals surface area contributed by atoms with Crippen LogP contribution in [0.4, 0.5) is 26.3 Å². The van der Waals surface area contributed by atoms with Gasteiger partial charge in [0.15, 0.2) is 0 Å². The Kier molecular flexibility index (Phi) is 3.56. The Morgan fingerprint density at radius 2 is 1.43 bits per heavy atom. The van der Waals surface area contributed by atoms with E-state index in [1.807, 2.05) is 0 Å². The van der Waals surface area contributed by atoms with Crippen LogP contribution in [-0.4, -0.2) is 4.57 Å². The molecule has 0 saturated heterocycles. The maximum atomic E-state index is 12.9. The van der Waals surface area contributed by atoms with Gasteiger partial charge in [-0.15, -0.1) is 0 Å². The molecule has 0 radical (unpaired) electrons. The van der Waals surface area contributed by atoms with Gasteiger partial charge in [-0.1, -0.05) is 12.1 Å². The van der Waals surface area contributed by atoms with E-state index in [9.17, 15) is 31.1 Å². The third-order valence-electron chi connectivity index (χ3n) is 2.71. The zero-order valence-electron chi connectivity index (χ0n) is 10.2. The molecular weight excluding hydrogens is 300 g/mol. The van der Waals surface area contributed by atoms with Gasteiger partial charge in [0, 0.05) is 12.3 Å². The molecule has 0 aliphatic heterocycles. The summed E-state index contributed by atoms with van der Waals surface area (Å²) in [5.74, 6) is 0. The Bertz CT molecular complexity index is 714. The topological polar surface area (TPSA) is 22.0 Å². The number of hydrogen-bond donors (Lipinski definition) is 0. The molecule has 1 aromatic heterocycles. The lowest BCUT2D eigenvalue weighted by molar-refractivity contribution is -0.138. The highest BCUT2D eigenvalue weighted by molar-refractivity contribution is 5.43. The Labute approximate surface area is 114 Å². The first-order chi connectivity index (χ1) is 9.60. The summed E-state index contributed by atoms with van der Waals surface area (Å²) < 4.78 is 76.8. The second kappa shape index (κ2) is 4.94. The Morgan fingerprint density at radius 3 is 2.00 bits per heavy atom. The first-order valence-corrected chi connectivity index (χ1v) is 5.57. The van der Waals surface area contributed by atoms with Crippen molar-refractivity contribution >= 4 is 0 Å². The molecule has 0 aliphatic carbocycles. The lowest BCUT2D eigenvalue weighted by Crippen LogP contribution is -2.22. The van der Waals surface area contributed by atoms with Crippen molar-refractivity contribution in [1.29, 1.82) is 0 Å². The van der Waals surface area contributed by atoms with Crippen molar-refractivity contribution in [2.75, 3.05) is 0 Å². The van der Waals surface area contributed by atoms with Gasteiger partial charge in [-0.05, 0) is 18.2 Å². The average Bonchev–Trinajstić information content (AvgIpc) is 2.37. The van der Waals surface area contributed by atoms with Crippen LogP contribution in [0.5, 0.6) is 0 Å². The van der Waals surface area contributed by atoms with Gasteiger partial charge < -0.3 is 0 Å². The smallest absolute Gasteiger partial charge is 0.283 e. The number of aromatic nitrogens is 1. The first kappa shape index (κ1) is 15.1. The predicted octanol–water partition coefficient (Wildman–Crippen LogP) is 3.88. The van der Waals surface area contributed by atoms with Crippen LogP contribution in [0.2, 0.25) is 0 Å². The van der Waals surface area contributed by atoms with E-state index in [-0.39, 0.29) is 0 Å². The molecule has 0 aliphatic rings. The van der Waals surface area contributed by atoms with E-state index in [4.69, 9.17) is 0 Å². The molecule has 2 nitrogen and oxygen atoms in total. The van der Waals surface area contributed by atoms with Crippen LogP contribution in [0.25, 0.3) is 5.69 Å². The molecule has 0 atom stereocenters. The van der Waals surface area contributed by atoms with E-state index in [0.717, 1.165) is 12.1 Å². The molecule has 2 aromatic rings. The molecular formula is C13H7F6NO. The molecule has 0 unspecified atom stereocenters. The molecule has 0 N–H and O–H groups in total. The molecule has 0 amide bonds. The quantitative estimate of drug-likeness (QED) is 0.733. The molecule has 21 heavy (non-hydrogen) atoms. The minimum absolute atomic E-state index is 0.339. The number of alkyl halides is 6. The molecule has 0 fully saturated rings. The second-order valence-corrected chi connectivity index (χ2v) is 4.14. The number of hydrogen-bond acceptors (Lipinski definition) is 1. The molecule has 112 valence electrons. The standard InChI is InChI=1S/C13H7F6NO/c14-12(15,16)8-5-6-11(21)20(7-8)10-4-2-1-3-9(10)13(17,18)19/h1-7H. The number of rotatable bonds is 1. The maximum absolute atomic E-state index is 12.9. The average molecular weight is 307 g/mol. The van der Waals surface area contributed by atoms with Gasteiger partial charge in [0.25, 0.3) is 5.56 Å². The Morgan fingerprint density at radius 1 is 0.810 bits per heavy atom. The van der Waals surface area contributed by atoms with E-state index < -0.39 is 34.7 Å². The monoisotopic (exact) mass is 307 g/mol. The number of pyridine rings is 1. The zero-order valence-corrected chi connectivity index (χ0v) is 10.2. The number of benzene rings is 1. The minimum atomic E-state index is -4.79. The van der Waals surface area contributed by atoms with Gasteiger partial charge in [0.2, 0.25) is 0 Å². The van der Waals surface area contributed by atoms with Crippen molar-refractivity contribution in [3.63, 3.8) is 0 Å². The van der Waals surface area contributed by atoms with Crippen LogP contribution in [0.3, 0.4) is 0 Å². The molecule has 2 rings (SSSR count). The summed E-state index contributed by atoms with van der Waals surface area (Å²) in [5.41, 5.74) is -4.04. The fraction of sp³-hybridized carbons (Fsp3) is 0.154. The Balaban J connectivity index is 2.71. The van der Waals surface area contributed by atoms with Crippen LogP contribution < -0.4 is 5.56 Å².